The van der Waals surface area contributed by atoms with E-state index in [9.17, 15) is 0 Å². The van der Waals surface area contributed by atoms with Gasteiger partial charge in [-0.1, -0.05) is 27.5 Å². The van der Waals surface area contributed by atoms with Crippen molar-refractivity contribution in [2.75, 3.05) is 5.32 Å². The zero-order chi connectivity index (χ0) is 12.3. The monoisotopic (exact) mass is 310 g/mol. The van der Waals surface area contributed by atoms with E-state index in [4.69, 9.17) is 11.6 Å². The largest absolute Gasteiger partial charge is 0.380 e. The Morgan fingerprint density at radius 1 is 1.29 bits per heavy atom. The number of nitrogens with zero attached hydrogens (tertiary/aromatic N) is 1. The van der Waals surface area contributed by atoms with Crippen molar-refractivity contribution in [3.8, 4) is 0 Å². The highest BCUT2D eigenvalue weighted by Gasteiger charge is 2.01. The summed E-state index contributed by atoms with van der Waals surface area (Å²) in [4.78, 5) is 4.14. The standard InChI is InChI=1S/C13H12BrClN2/c1-9-4-12(8-16-6-9)17-7-10-5-11(15)2-3-13(10)14/h2-6,8,17H,7H2,1H3. The van der Waals surface area contributed by atoms with Crippen LogP contribution in [0.5, 0.6) is 0 Å². The number of pyridine rings is 1. The first-order valence-electron chi connectivity index (χ1n) is 5.24. The Kier molecular flexibility index (Phi) is 4.02. The van der Waals surface area contributed by atoms with E-state index in [1.165, 1.54) is 0 Å². The molecule has 1 N–H and O–H groups in total. The van der Waals surface area contributed by atoms with E-state index >= 15 is 0 Å². The van der Waals surface area contributed by atoms with Gasteiger partial charge in [-0.25, -0.2) is 0 Å². The lowest BCUT2D eigenvalue weighted by Gasteiger charge is -2.08. The highest BCUT2D eigenvalue weighted by atomic mass is 79.9. The summed E-state index contributed by atoms with van der Waals surface area (Å²) in [6.45, 7) is 2.74. The molecule has 0 radical (unpaired) electrons. The summed E-state index contributed by atoms with van der Waals surface area (Å²) < 4.78 is 1.05. The maximum absolute atomic E-state index is 5.96. The molecule has 0 saturated heterocycles. The van der Waals surface area contributed by atoms with Crippen molar-refractivity contribution in [1.82, 2.24) is 4.98 Å². The summed E-state index contributed by atoms with van der Waals surface area (Å²) in [7, 11) is 0. The zero-order valence-corrected chi connectivity index (χ0v) is 11.7. The molecule has 0 aliphatic carbocycles. The molecule has 0 fully saturated rings. The fourth-order valence-corrected chi connectivity index (χ4v) is 2.11. The van der Waals surface area contributed by atoms with Crippen LogP contribution in [0.25, 0.3) is 0 Å². The van der Waals surface area contributed by atoms with Crippen LogP contribution in [0, 0.1) is 6.92 Å². The minimum Gasteiger partial charge on any atom is -0.380 e. The predicted molar refractivity (Wildman–Crippen MR) is 75.5 cm³/mol. The molecule has 0 atom stereocenters. The number of aromatic nitrogens is 1. The van der Waals surface area contributed by atoms with Gasteiger partial charge in [0.05, 0.1) is 5.69 Å². The number of hydrogen-bond acceptors (Lipinski definition) is 2. The molecule has 2 nitrogen and oxygen atoms in total. The molecule has 88 valence electrons. The molecule has 0 bridgehead atoms. The lowest BCUT2D eigenvalue weighted by Crippen LogP contribution is -2.00. The molecule has 0 aliphatic heterocycles. The van der Waals surface area contributed by atoms with Crippen molar-refractivity contribution in [1.29, 1.82) is 0 Å². The van der Waals surface area contributed by atoms with Crippen LogP contribution in [0.4, 0.5) is 5.69 Å². The lowest BCUT2D eigenvalue weighted by molar-refractivity contribution is 1.12. The molecule has 0 spiro atoms. The van der Waals surface area contributed by atoms with Crippen molar-refractivity contribution in [2.24, 2.45) is 0 Å². The van der Waals surface area contributed by atoms with Gasteiger partial charge >= 0.3 is 0 Å². The van der Waals surface area contributed by atoms with E-state index in [-0.39, 0.29) is 0 Å². The minimum atomic E-state index is 0.715. The fraction of sp³-hybridized carbons (Fsp3) is 0.154. The Morgan fingerprint density at radius 2 is 2.12 bits per heavy atom. The van der Waals surface area contributed by atoms with Crippen LogP contribution in [0.2, 0.25) is 5.02 Å². The van der Waals surface area contributed by atoms with Gasteiger partial charge < -0.3 is 5.32 Å². The van der Waals surface area contributed by atoms with Gasteiger partial charge in [-0.2, -0.15) is 0 Å². The quantitative estimate of drug-likeness (QED) is 0.907. The molecule has 0 aliphatic rings. The first-order chi connectivity index (χ1) is 8.15. The fourth-order valence-electron chi connectivity index (χ4n) is 1.53. The van der Waals surface area contributed by atoms with Gasteiger partial charge in [0.2, 0.25) is 0 Å². The Morgan fingerprint density at radius 3 is 2.88 bits per heavy atom. The van der Waals surface area contributed by atoms with Crippen LogP contribution in [0.3, 0.4) is 0 Å². The number of rotatable bonds is 3. The number of anilines is 1. The number of benzene rings is 1. The summed E-state index contributed by atoms with van der Waals surface area (Å²) >= 11 is 9.47. The highest BCUT2D eigenvalue weighted by molar-refractivity contribution is 9.10. The number of halogens is 2. The van der Waals surface area contributed by atoms with Crippen molar-refractivity contribution in [3.63, 3.8) is 0 Å². The second kappa shape index (κ2) is 5.52. The van der Waals surface area contributed by atoms with Crippen LogP contribution in [0.15, 0.2) is 41.1 Å². The Labute approximate surface area is 114 Å². The van der Waals surface area contributed by atoms with E-state index in [0.717, 1.165) is 26.3 Å². The summed E-state index contributed by atoms with van der Waals surface area (Å²) in [5.41, 5.74) is 3.27. The summed E-state index contributed by atoms with van der Waals surface area (Å²) in [6, 6.07) is 7.82. The molecule has 2 rings (SSSR count). The maximum Gasteiger partial charge on any atom is 0.0532 e. The maximum atomic E-state index is 5.96. The van der Waals surface area contributed by atoms with Gasteiger partial charge in [-0.3, -0.25) is 4.98 Å². The molecule has 17 heavy (non-hydrogen) atoms. The number of nitrogens with one attached hydrogen (secondary N) is 1. The van der Waals surface area contributed by atoms with Gasteiger partial charge in [0.1, 0.15) is 0 Å². The van der Waals surface area contributed by atoms with Crippen LogP contribution in [-0.4, -0.2) is 4.98 Å². The molecule has 0 unspecified atom stereocenters. The third-order valence-electron chi connectivity index (χ3n) is 2.37. The molecular formula is C13H12BrClN2. The third kappa shape index (κ3) is 3.45. The van der Waals surface area contributed by atoms with Gasteiger partial charge in [0, 0.05) is 28.4 Å². The average molecular weight is 312 g/mol. The first-order valence-corrected chi connectivity index (χ1v) is 6.42. The molecule has 1 aromatic heterocycles. The molecule has 1 aromatic carbocycles. The number of aryl methyl sites for hydroxylation is 1. The number of hydrogen-bond donors (Lipinski definition) is 1. The van der Waals surface area contributed by atoms with Gasteiger partial charge in [-0.05, 0) is 42.3 Å². The van der Waals surface area contributed by atoms with Crippen LogP contribution in [0.1, 0.15) is 11.1 Å². The Hall–Kier alpha value is -1.06. The highest BCUT2D eigenvalue weighted by Crippen LogP contribution is 2.22. The van der Waals surface area contributed by atoms with Gasteiger partial charge in [-0.15, -0.1) is 0 Å². The minimum absolute atomic E-state index is 0.715. The van der Waals surface area contributed by atoms with Crippen molar-refractivity contribution in [3.05, 3.63) is 57.3 Å². The predicted octanol–water partition coefficient (Wildman–Crippen LogP) is 4.42. The molecular weight excluding hydrogens is 300 g/mol. The molecule has 0 saturated carbocycles. The first kappa shape index (κ1) is 12.4. The molecule has 1 heterocycles. The van der Waals surface area contributed by atoms with Crippen molar-refractivity contribution in [2.45, 2.75) is 13.5 Å². The summed E-state index contributed by atoms with van der Waals surface area (Å²) in [6.07, 6.45) is 3.64. The van der Waals surface area contributed by atoms with Crippen LogP contribution in [-0.2, 0) is 6.54 Å². The second-order valence-electron chi connectivity index (χ2n) is 3.84. The topological polar surface area (TPSA) is 24.9 Å². The van der Waals surface area contributed by atoms with E-state index in [1.807, 2.05) is 37.5 Å². The average Bonchev–Trinajstić information content (AvgIpc) is 2.30. The third-order valence-corrected chi connectivity index (χ3v) is 3.37. The van der Waals surface area contributed by atoms with Crippen molar-refractivity contribution >= 4 is 33.2 Å². The Balaban J connectivity index is 2.09. The SMILES string of the molecule is Cc1cncc(NCc2cc(Cl)ccc2Br)c1. The summed E-state index contributed by atoms with van der Waals surface area (Å²) in [5.74, 6) is 0. The van der Waals surface area contributed by atoms with Crippen LogP contribution < -0.4 is 5.32 Å². The van der Waals surface area contributed by atoms with Gasteiger partial charge in [0.15, 0.2) is 0 Å². The second-order valence-corrected chi connectivity index (χ2v) is 5.13. The van der Waals surface area contributed by atoms with Gasteiger partial charge in [0.25, 0.3) is 0 Å². The van der Waals surface area contributed by atoms with E-state index in [1.54, 1.807) is 0 Å². The van der Waals surface area contributed by atoms with E-state index in [0.29, 0.717) is 6.54 Å². The normalized spacial score (nSPS) is 10.3. The zero-order valence-electron chi connectivity index (χ0n) is 9.37. The molecule has 0 amide bonds. The van der Waals surface area contributed by atoms with E-state index < -0.39 is 0 Å². The summed E-state index contributed by atoms with van der Waals surface area (Å²) in [5, 5.41) is 4.06. The van der Waals surface area contributed by atoms with Crippen LogP contribution >= 0.6 is 27.5 Å². The Bertz CT molecular complexity index is 529. The van der Waals surface area contributed by atoms with E-state index in [2.05, 4.69) is 32.3 Å². The smallest absolute Gasteiger partial charge is 0.0532 e. The lowest BCUT2D eigenvalue weighted by atomic mass is 10.2. The molecule has 2 aromatic rings. The van der Waals surface area contributed by atoms with Crippen molar-refractivity contribution < 1.29 is 0 Å². The molecule has 4 heteroatoms.